The maximum absolute atomic E-state index is 13.0. The molecule has 1 unspecified atom stereocenters. The Morgan fingerprint density at radius 3 is 2.29 bits per heavy atom. The van der Waals surface area contributed by atoms with Crippen molar-refractivity contribution < 1.29 is 13.6 Å². The van der Waals surface area contributed by atoms with Crippen molar-refractivity contribution in [2.45, 2.75) is 6.92 Å². The predicted molar refractivity (Wildman–Crippen MR) is 86.2 cm³/mol. The number of rotatable bonds is 6. The molecule has 2 aromatic carbocycles. The first-order valence-electron chi connectivity index (χ1n) is 6.54. The number of hydrogen-bond acceptors (Lipinski definition) is 3. The van der Waals surface area contributed by atoms with Gasteiger partial charge in [0.05, 0.1) is 6.61 Å². The minimum Gasteiger partial charge on any atom is -0.409 e. The van der Waals surface area contributed by atoms with Gasteiger partial charge in [-0.1, -0.05) is 29.8 Å². The topological polar surface area (TPSA) is 38.8 Å². The summed E-state index contributed by atoms with van der Waals surface area (Å²) in [6.45, 7) is 2.05. The number of halogens is 1. The third-order valence-corrected chi connectivity index (χ3v) is 5.07. The summed E-state index contributed by atoms with van der Waals surface area (Å²) in [4.78, 5) is 0. The minimum absolute atomic E-state index is 0.280. The third-order valence-electron chi connectivity index (χ3n) is 2.82. The van der Waals surface area contributed by atoms with E-state index in [4.69, 9.17) is 20.6 Å². The Balaban J connectivity index is 2.27. The first-order chi connectivity index (χ1) is 10.0. The van der Waals surface area contributed by atoms with Crippen LogP contribution in [0.1, 0.15) is 6.92 Å². The quantitative estimate of drug-likeness (QED) is 0.701. The van der Waals surface area contributed by atoms with Crippen LogP contribution in [0, 0.1) is 0 Å². The summed E-state index contributed by atoms with van der Waals surface area (Å²) in [6.07, 6.45) is 0. The van der Waals surface area contributed by atoms with Crippen LogP contribution in [0.4, 0.5) is 5.69 Å². The molecule has 112 valence electrons. The van der Waals surface area contributed by atoms with Gasteiger partial charge in [-0.25, -0.2) is 4.57 Å². The molecule has 4 nitrogen and oxygen atoms in total. The van der Waals surface area contributed by atoms with E-state index in [2.05, 4.69) is 0 Å². The molecule has 0 radical (unpaired) electrons. The van der Waals surface area contributed by atoms with E-state index in [1.54, 1.807) is 38.2 Å². The van der Waals surface area contributed by atoms with Gasteiger partial charge in [0, 0.05) is 17.8 Å². The average molecular weight is 326 g/mol. The van der Waals surface area contributed by atoms with Crippen LogP contribution in [0.3, 0.4) is 0 Å². The molecule has 2 rings (SSSR count). The molecule has 0 aliphatic rings. The highest BCUT2D eigenvalue weighted by atomic mass is 35.5. The zero-order valence-corrected chi connectivity index (χ0v) is 13.6. The molecule has 0 heterocycles. The summed E-state index contributed by atoms with van der Waals surface area (Å²) >= 11 is 5.84. The van der Waals surface area contributed by atoms with Crippen LogP contribution in [-0.2, 0) is 9.09 Å². The van der Waals surface area contributed by atoms with E-state index in [0.29, 0.717) is 10.8 Å². The number of anilines is 1. The molecule has 1 atom stereocenters. The first-order valence-corrected chi connectivity index (χ1v) is 8.41. The van der Waals surface area contributed by atoms with Crippen LogP contribution in [0.25, 0.3) is 0 Å². The van der Waals surface area contributed by atoms with E-state index in [1.807, 2.05) is 30.3 Å². The van der Waals surface area contributed by atoms with Crippen molar-refractivity contribution in [2.75, 3.05) is 18.3 Å². The van der Waals surface area contributed by atoms with Crippen LogP contribution < -0.4 is 9.19 Å². The Bertz CT molecular complexity index is 619. The van der Waals surface area contributed by atoms with Crippen LogP contribution in [0.5, 0.6) is 5.75 Å². The molecular formula is C15H17ClNO3P. The lowest BCUT2D eigenvalue weighted by Crippen LogP contribution is -2.19. The average Bonchev–Trinajstić information content (AvgIpc) is 2.50. The van der Waals surface area contributed by atoms with Gasteiger partial charge in [0.1, 0.15) is 5.75 Å². The van der Waals surface area contributed by atoms with Crippen LogP contribution in [-0.4, -0.2) is 13.7 Å². The Morgan fingerprint density at radius 1 is 1.10 bits per heavy atom. The Kier molecular flexibility index (Phi) is 5.29. The molecule has 0 aromatic heterocycles. The standard InChI is InChI=1S/C15H17ClNO3P/c1-3-19-21(18,17(2)14-7-5-4-6-8-14)20-15-11-9-13(16)10-12-15/h4-12H,3H2,1-2H3. The summed E-state index contributed by atoms with van der Waals surface area (Å²) in [5.41, 5.74) is 0.753. The van der Waals surface area contributed by atoms with Crippen molar-refractivity contribution in [3.05, 3.63) is 59.6 Å². The zero-order chi connectivity index (χ0) is 15.3. The molecule has 0 N–H and O–H groups in total. The number of hydrogen-bond donors (Lipinski definition) is 0. The SMILES string of the molecule is CCOP(=O)(Oc1ccc(Cl)cc1)N(C)c1ccccc1. The monoisotopic (exact) mass is 325 g/mol. The van der Waals surface area contributed by atoms with Crippen LogP contribution in [0.2, 0.25) is 5.02 Å². The van der Waals surface area contributed by atoms with Crippen molar-refractivity contribution in [3.63, 3.8) is 0 Å². The Labute approximate surface area is 129 Å². The van der Waals surface area contributed by atoms with Gasteiger partial charge >= 0.3 is 7.75 Å². The van der Waals surface area contributed by atoms with Crippen molar-refractivity contribution in [3.8, 4) is 5.75 Å². The molecular weight excluding hydrogens is 309 g/mol. The van der Waals surface area contributed by atoms with Crippen LogP contribution >= 0.6 is 19.3 Å². The van der Waals surface area contributed by atoms with Gasteiger partial charge in [-0.05, 0) is 43.3 Å². The summed E-state index contributed by atoms with van der Waals surface area (Å²) in [7, 11) is -1.80. The van der Waals surface area contributed by atoms with Gasteiger partial charge in [0.15, 0.2) is 0 Å². The summed E-state index contributed by atoms with van der Waals surface area (Å²) in [5.74, 6) is 0.443. The third kappa shape index (κ3) is 4.01. The highest BCUT2D eigenvalue weighted by Gasteiger charge is 2.32. The van der Waals surface area contributed by atoms with E-state index in [9.17, 15) is 4.57 Å². The fourth-order valence-corrected chi connectivity index (χ4v) is 3.36. The minimum atomic E-state index is -3.48. The fraction of sp³-hybridized carbons (Fsp3) is 0.200. The highest BCUT2D eigenvalue weighted by Crippen LogP contribution is 2.52. The number of para-hydroxylation sites is 1. The number of benzene rings is 2. The van der Waals surface area contributed by atoms with Gasteiger partial charge in [0.25, 0.3) is 0 Å². The Hall–Kier alpha value is -1.48. The smallest absolute Gasteiger partial charge is 0.409 e. The highest BCUT2D eigenvalue weighted by molar-refractivity contribution is 7.56. The van der Waals surface area contributed by atoms with Crippen molar-refractivity contribution in [1.82, 2.24) is 0 Å². The van der Waals surface area contributed by atoms with Crippen molar-refractivity contribution in [1.29, 1.82) is 0 Å². The molecule has 0 fully saturated rings. The van der Waals surface area contributed by atoms with Gasteiger partial charge in [-0.15, -0.1) is 0 Å². The van der Waals surface area contributed by atoms with E-state index < -0.39 is 7.75 Å². The molecule has 21 heavy (non-hydrogen) atoms. The molecule has 0 aliphatic carbocycles. The summed E-state index contributed by atoms with van der Waals surface area (Å²) in [5, 5.41) is 0.588. The fourth-order valence-electron chi connectivity index (χ4n) is 1.75. The largest absolute Gasteiger partial charge is 0.488 e. The molecule has 0 spiro atoms. The molecule has 0 aliphatic heterocycles. The zero-order valence-electron chi connectivity index (χ0n) is 11.9. The summed E-state index contributed by atoms with van der Waals surface area (Å²) in [6, 6.07) is 16.0. The second-order valence-electron chi connectivity index (χ2n) is 4.29. The van der Waals surface area contributed by atoms with Gasteiger partial charge in [-0.3, -0.25) is 9.19 Å². The molecule has 6 heteroatoms. The van der Waals surface area contributed by atoms with Crippen LogP contribution in [0.15, 0.2) is 54.6 Å². The van der Waals surface area contributed by atoms with Gasteiger partial charge < -0.3 is 4.52 Å². The normalized spacial score (nSPS) is 13.5. The van der Waals surface area contributed by atoms with Crippen molar-refractivity contribution >= 4 is 25.0 Å². The predicted octanol–water partition coefficient (Wildman–Crippen LogP) is 5.00. The lowest BCUT2D eigenvalue weighted by molar-refractivity contribution is 0.278. The molecule has 0 saturated carbocycles. The molecule has 2 aromatic rings. The summed E-state index contributed by atoms with van der Waals surface area (Å²) < 4.78 is 25.6. The van der Waals surface area contributed by atoms with Crippen molar-refractivity contribution in [2.24, 2.45) is 0 Å². The molecule has 0 saturated heterocycles. The van der Waals surface area contributed by atoms with E-state index >= 15 is 0 Å². The first kappa shape index (κ1) is 15.9. The van der Waals surface area contributed by atoms with E-state index in [0.717, 1.165) is 5.69 Å². The molecule has 0 amide bonds. The maximum Gasteiger partial charge on any atom is 0.488 e. The second-order valence-corrected chi connectivity index (χ2v) is 6.71. The number of nitrogens with zero attached hydrogens (tertiary/aromatic N) is 1. The van der Waals surface area contributed by atoms with E-state index in [1.165, 1.54) is 4.67 Å². The van der Waals surface area contributed by atoms with E-state index in [-0.39, 0.29) is 6.61 Å². The lowest BCUT2D eigenvalue weighted by atomic mass is 10.3. The van der Waals surface area contributed by atoms with Gasteiger partial charge in [-0.2, -0.15) is 0 Å². The molecule has 0 bridgehead atoms. The maximum atomic E-state index is 13.0. The lowest BCUT2D eigenvalue weighted by Gasteiger charge is -2.28. The second kappa shape index (κ2) is 6.99. The Morgan fingerprint density at radius 2 is 1.71 bits per heavy atom. The van der Waals surface area contributed by atoms with Gasteiger partial charge in [0.2, 0.25) is 0 Å².